The maximum absolute atomic E-state index is 11.4. The fourth-order valence-corrected chi connectivity index (χ4v) is 2.08. The van der Waals surface area contributed by atoms with E-state index in [9.17, 15) is 4.79 Å². The van der Waals surface area contributed by atoms with E-state index in [-0.39, 0.29) is 5.91 Å². The van der Waals surface area contributed by atoms with Crippen LogP contribution in [0.25, 0.3) is 0 Å². The molecule has 0 spiro atoms. The monoisotopic (exact) mass is 283 g/mol. The van der Waals surface area contributed by atoms with Gasteiger partial charge in [0.05, 0.1) is 0 Å². The van der Waals surface area contributed by atoms with E-state index in [1.807, 2.05) is 48.5 Å². The molecule has 0 aliphatic heterocycles. The minimum absolute atomic E-state index is 0.0529. The van der Waals surface area contributed by atoms with Crippen molar-refractivity contribution in [2.75, 3.05) is 18.1 Å². The number of hydrogen-bond donors (Lipinski definition) is 2. The molecule has 3 N–H and O–H groups in total. The molecule has 4 heteroatoms. The highest BCUT2D eigenvalue weighted by molar-refractivity contribution is 5.73. The quantitative estimate of drug-likeness (QED) is 0.830. The molecule has 0 aliphatic carbocycles. The van der Waals surface area contributed by atoms with Crippen molar-refractivity contribution >= 4 is 17.3 Å². The topological polar surface area (TPSA) is 58.4 Å². The third-order valence-corrected chi connectivity index (χ3v) is 3.49. The molecule has 0 radical (unpaired) electrons. The summed E-state index contributed by atoms with van der Waals surface area (Å²) >= 11 is 0. The van der Waals surface area contributed by atoms with E-state index in [4.69, 9.17) is 5.73 Å². The zero-order valence-electron chi connectivity index (χ0n) is 12.5. The van der Waals surface area contributed by atoms with E-state index in [0.29, 0.717) is 13.1 Å². The first-order valence-electron chi connectivity index (χ1n) is 6.95. The Bertz CT molecular complexity index is 625. The van der Waals surface area contributed by atoms with Crippen molar-refractivity contribution in [1.29, 1.82) is 0 Å². The number of nitrogens with one attached hydrogen (secondary N) is 1. The van der Waals surface area contributed by atoms with Gasteiger partial charge in [-0.1, -0.05) is 36.4 Å². The fourth-order valence-electron chi connectivity index (χ4n) is 2.08. The molecule has 0 fully saturated rings. The van der Waals surface area contributed by atoms with Crippen molar-refractivity contribution in [3.8, 4) is 0 Å². The third-order valence-electron chi connectivity index (χ3n) is 3.49. The number of rotatable bonds is 5. The molecule has 21 heavy (non-hydrogen) atoms. The normalized spacial score (nSPS) is 10.2. The Balaban J connectivity index is 2.10. The number of carbonyl (C=O) groups excluding carboxylic acids is 1. The molecule has 0 saturated carbocycles. The SMILES string of the molecule is CC(=O)N(C)Cc1ccccc1NCc1ccccc1N. The van der Waals surface area contributed by atoms with Crippen LogP contribution in [0.5, 0.6) is 0 Å². The van der Waals surface area contributed by atoms with Gasteiger partial charge in [0.1, 0.15) is 0 Å². The lowest BCUT2D eigenvalue weighted by molar-refractivity contribution is -0.128. The molecule has 0 aromatic heterocycles. The molecule has 0 unspecified atom stereocenters. The first-order chi connectivity index (χ1) is 10.1. The van der Waals surface area contributed by atoms with Crippen LogP contribution in [0.15, 0.2) is 48.5 Å². The van der Waals surface area contributed by atoms with Crippen molar-refractivity contribution in [1.82, 2.24) is 4.90 Å². The molecule has 0 aliphatic rings. The van der Waals surface area contributed by atoms with Gasteiger partial charge in [-0.05, 0) is 23.3 Å². The molecule has 0 heterocycles. The number of para-hydroxylation sites is 2. The average molecular weight is 283 g/mol. The van der Waals surface area contributed by atoms with Gasteiger partial charge < -0.3 is 16.0 Å². The average Bonchev–Trinajstić information content (AvgIpc) is 2.47. The first kappa shape index (κ1) is 14.9. The number of nitrogen functional groups attached to an aromatic ring is 1. The van der Waals surface area contributed by atoms with Crippen LogP contribution in [0.2, 0.25) is 0 Å². The van der Waals surface area contributed by atoms with Gasteiger partial charge in [-0.2, -0.15) is 0 Å². The van der Waals surface area contributed by atoms with Crippen molar-refractivity contribution in [3.63, 3.8) is 0 Å². The summed E-state index contributed by atoms with van der Waals surface area (Å²) < 4.78 is 0. The van der Waals surface area contributed by atoms with E-state index in [1.54, 1.807) is 18.9 Å². The lowest BCUT2D eigenvalue weighted by Gasteiger charge is -2.18. The number of hydrogen-bond acceptors (Lipinski definition) is 3. The van der Waals surface area contributed by atoms with Crippen LogP contribution < -0.4 is 11.1 Å². The lowest BCUT2D eigenvalue weighted by Crippen LogP contribution is -2.23. The molecule has 0 atom stereocenters. The molecule has 110 valence electrons. The number of benzene rings is 2. The fraction of sp³-hybridized carbons (Fsp3) is 0.235. The smallest absolute Gasteiger partial charge is 0.219 e. The second-order valence-electron chi connectivity index (χ2n) is 5.08. The van der Waals surface area contributed by atoms with E-state index in [0.717, 1.165) is 22.5 Å². The van der Waals surface area contributed by atoms with Crippen molar-refractivity contribution in [2.24, 2.45) is 0 Å². The summed E-state index contributed by atoms with van der Waals surface area (Å²) in [6, 6.07) is 15.8. The van der Waals surface area contributed by atoms with E-state index >= 15 is 0 Å². The molecule has 2 aromatic carbocycles. The van der Waals surface area contributed by atoms with Gasteiger partial charge in [0, 0.05) is 38.4 Å². The van der Waals surface area contributed by atoms with Crippen LogP contribution in [0.3, 0.4) is 0 Å². The summed E-state index contributed by atoms with van der Waals surface area (Å²) in [7, 11) is 1.80. The maximum Gasteiger partial charge on any atom is 0.219 e. The number of carbonyl (C=O) groups is 1. The van der Waals surface area contributed by atoms with Crippen molar-refractivity contribution < 1.29 is 4.79 Å². The van der Waals surface area contributed by atoms with E-state index in [1.165, 1.54) is 0 Å². The molecule has 2 rings (SSSR count). The lowest BCUT2D eigenvalue weighted by atomic mass is 10.1. The van der Waals surface area contributed by atoms with Crippen molar-refractivity contribution in [2.45, 2.75) is 20.0 Å². The summed E-state index contributed by atoms with van der Waals surface area (Å²) in [5, 5.41) is 3.40. The summed E-state index contributed by atoms with van der Waals surface area (Å²) in [5.74, 6) is 0.0529. The predicted molar refractivity (Wildman–Crippen MR) is 86.8 cm³/mol. The highest BCUT2D eigenvalue weighted by Crippen LogP contribution is 2.19. The Labute approximate surface area is 125 Å². The van der Waals surface area contributed by atoms with Gasteiger partial charge in [-0.3, -0.25) is 4.79 Å². The second-order valence-corrected chi connectivity index (χ2v) is 5.08. The standard InChI is InChI=1S/C17H21N3O/c1-13(21)20(2)12-15-8-4-6-10-17(15)19-11-14-7-3-5-9-16(14)18/h3-10,19H,11-12,18H2,1-2H3. The Morgan fingerprint density at radius 3 is 2.38 bits per heavy atom. The molecule has 1 amide bonds. The summed E-state index contributed by atoms with van der Waals surface area (Å²) in [4.78, 5) is 13.1. The van der Waals surface area contributed by atoms with Crippen LogP contribution in [0, 0.1) is 0 Å². The molecule has 0 bridgehead atoms. The Morgan fingerprint density at radius 2 is 1.71 bits per heavy atom. The van der Waals surface area contributed by atoms with Crippen molar-refractivity contribution in [3.05, 3.63) is 59.7 Å². The number of nitrogens with zero attached hydrogens (tertiary/aromatic N) is 1. The third kappa shape index (κ3) is 3.99. The molecule has 2 aromatic rings. The van der Waals surface area contributed by atoms with Gasteiger partial charge in [0.15, 0.2) is 0 Å². The molecular weight excluding hydrogens is 262 g/mol. The first-order valence-corrected chi connectivity index (χ1v) is 6.95. The zero-order chi connectivity index (χ0) is 15.2. The largest absolute Gasteiger partial charge is 0.398 e. The molecular formula is C17H21N3O. The minimum Gasteiger partial charge on any atom is -0.398 e. The number of nitrogens with two attached hydrogens (primary N) is 1. The Hall–Kier alpha value is -2.49. The molecule has 0 saturated heterocycles. The number of amides is 1. The zero-order valence-corrected chi connectivity index (χ0v) is 12.5. The minimum atomic E-state index is 0.0529. The number of anilines is 2. The summed E-state index contributed by atoms with van der Waals surface area (Å²) in [6.45, 7) is 2.82. The van der Waals surface area contributed by atoms with Crippen LogP contribution >= 0.6 is 0 Å². The van der Waals surface area contributed by atoms with Crippen LogP contribution in [-0.4, -0.2) is 17.9 Å². The maximum atomic E-state index is 11.4. The molecule has 4 nitrogen and oxygen atoms in total. The van der Waals surface area contributed by atoms with Gasteiger partial charge in [-0.15, -0.1) is 0 Å². The van der Waals surface area contributed by atoms with Gasteiger partial charge in [0.25, 0.3) is 0 Å². The highest BCUT2D eigenvalue weighted by atomic mass is 16.2. The van der Waals surface area contributed by atoms with Crippen LogP contribution in [0.4, 0.5) is 11.4 Å². The summed E-state index contributed by atoms with van der Waals surface area (Å²) in [5.41, 5.74) is 9.90. The Morgan fingerprint density at radius 1 is 1.10 bits per heavy atom. The summed E-state index contributed by atoms with van der Waals surface area (Å²) in [6.07, 6.45) is 0. The van der Waals surface area contributed by atoms with E-state index in [2.05, 4.69) is 5.32 Å². The van der Waals surface area contributed by atoms with Gasteiger partial charge >= 0.3 is 0 Å². The Kier molecular flexibility index (Phi) is 4.82. The van der Waals surface area contributed by atoms with Crippen LogP contribution in [0.1, 0.15) is 18.1 Å². The van der Waals surface area contributed by atoms with E-state index < -0.39 is 0 Å². The van der Waals surface area contributed by atoms with Crippen LogP contribution in [-0.2, 0) is 17.9 Å². The second kappa shape index (κ2) is 6.79. The predicted octanol–water partition coefficient (Wildman–Crippen LogP) is 2.86. The van der Waals surface area contributed by atoms with Gasteiger partial charge in [-0.25, -0.2) is 0 Å². The highest BCUT2D eigenvalue weighted by Gasteiger charge is 2.07. The van der Waals surface area contributed by atoms with Gasteiger partial charge in [0.2, 0.25) is 5.91 Å².